The van der Waals surface area contributed by atoms with Crippen molar-refractivity contribution in [3.8, 4) is 5.75 Å². The number of hydrogen-bond acceptors (Lipinski definition) is 4. The summed E-state index contributed by atoms with van der Waals surface area (Å²) < 4.78 is 32.6. The van der Waals surface area contributed by atoms with E-state index in [9.17, 15) is 13.2 Å². The molecule has 1 aliphatic rings. The van der Waals surface area contributed by atoms with E-state index in [0.717, 1.165) is 12.8 Å². The minimum absolute atomic E-state index is 0.0820. The van der Waals surface area contributed by atoms with E-state index in [4.69, 9.17) is 9.84 Å². The maximum absolute atomic E-state index is 12.5. The van der Waals surface area contributed by atoms with Crippen molar-refractivity contribution in [1.29, 1.82) is 0 Å². The van der Waals surface area contributed by atoms with Gasteiger partial charge in [-0.2, -0.15) is 0 Å². The number of carboxylic acids is 1. The largest absolute Gasteiger partial charge is 0.497 e. The van der Waals surface area contributed by atoms with Gasteiger partial charge in [-0.25, -0.2) is 13.1 Å². The molecule has 1 aromatic rings. The molecule has 1 fully saturated rings. The molecular formula is C14H19NO5S. The predicted octanol–water partition coefficient (Wildman–Crippen LogP) is 1.76. The summed E-state index contributed by atoms with van der Waals surface area (Å²) in [5.41, 5.74) is -0.881. The van der Waals surface area contributed by atoms with Gasteiger partial charge in [0, 0.05) is 11.6 Å². The fourth-order valence-corrected chi connectivity index (χ4v) is 4.26. The van der Waals surface area contributed by atoms with Gasteiger partial charge in [0.05, 0.1) is 18.4 Å². The Morgan fingerprint density at radius 1 is 1.38 bits per heavy atom. The molecule has 0 heterocycles. The molecule has 2 rings (SSSR count). The van der Waals surface area contributed by atoms with Crippen LogP contribution in [-0.2, 0) is 14.8 Å². The highest BCUT2D eigenvalue weighted by Gasteiger charge is 2.39. The Balaban J connectivity index is 2.28. The highest BCUT2D eigenvalue weighted by Crippen LogP contribution is 2.34. The number of sulfonamides is 1. The number of ether oxygens (including phenoxy) is 1. The van der Waals surface area contributed by atoms with E-state index in [1.807, 2.05) is 0 Å². The lowest BCUT2D eigenvalue weighted by atomic mass is 9.95. The predicted molar refractivity (Wildman–Crippen MR) is 76.8 cm³/mol. The monoisotopic (exact) mass is 313 g/mol. The van der Waals surface area contributed by atoms with Crippen LogP contribution < -0.4 is 9.46 Å². The molecule has 6 nitrogen and oxygen atoms in total. The van der Waals surface area contributed by atoms with Gasteiger partial charge in [0.15, 0.2) is 0 Å². The van der Waals surface area contributed by atoms with E-state index >= 15 is 0 Å². The zero-order valence-corrected chi connectivity index (χ0v) is 12.6. The number of rotatable bonds is 6. The second-order valence-electron chi connectivity index (χ2n) is 5.34. The van der Waals surface area contributed by atoms with E-state index in [1.165, 1.54) is 19.2 Å². The Kier molecular flexibility index (Phi) is 4.53. The lowest BCUT2D eigenvalue weighted by Crippen LogP contribution is -2.47. The molecule has 116 valence electrons. The van der Waals surface area contributed by atoms with Crippen molar-refractivity contribution < 1.29 is 23.1 Å². The molecule has 0 aliphatic heterocycles. The molecule has 0 atom stereocenters. The molecule has 0 radical (unpaired) electrons. The molecule has 0 amide bonds. The van der Waals surface area contributed by atoms with Crippen LogP contribution in [0.4, 0.5) is 0 Å². The first-order valence-electron chi connectivity index (χ1n) is 6.77. The summed E-state index contributed by atoms with van der Waals surface area (Å²) >= 11 is 0. The van der Waals surface area contributed by atoms with Gasteiger partial charge >= 0.3 is 5.97 Å². The number of aliphatic carboxylic acids is 1. The van der Waals surface area contributed by atoms with Gasteiger partial charge < -0.3 is 9.84 Å². The van der Waals surface area contributed by atoms with Gasteiger partial charge in [-0.3, -0.25) is 4.79 Å². The van der Waals surface area contributed by atoms with Gasteiger partial charge in [0.1, 0.15) is 5.75 Å². The molecule has 1 saturated carbocycles. The van der Waals surface area contributed by atoms with Gasteiger partial charge in [-0.15, -0.1) is 0 Å². The van der Waals surface area contributed by atoms with Crippen LogP contribution in [0.3, 0.4) is 0 Å². The van der Waals surface area contributed by atoms with E-state index in [1.54, 1.807) is 12.1 Å². The third-order valence-corrected chi connectivity index (χ3v) is 5.33. The van der Waals surface area contributed by atoms with E-state index in [0.29, 0.717) is 18.6 Å². The number of nitrogens with one attached hydrogen (secondary N) is 1. The highest BCUT2D eigenvalue weighted by atomic mass is 32.2. The van der Waals surface area contributed by atoms with E-state index in [-0.39, 0.29) is 11.3 Å². The Morgan fingerprint density at radius 3 is 2.62 bits per heavy atom. The van der Waals surface area contributed by atoms with Crippen molar-refractivity contribution >= 4 is 16.0 Å². The Morgan fingerprint density at radius 2 is 2.05 bits per heavy atom. The zero-order chi connectivity index (χ0) is 15.5. The van der Waals surface area contributed by atoms with Gasteiger partial charge in [-0.1, -0.05) is 18.9 Å². The quantitative estimate of drug-likeness (QED) is 0.835. The Labute approximate surface area is 124 Å². The van der Waals surface area contributed by atoms with Crippen LogP contribution in [0, 0.1) is 0 Å². The van der Waals surface area contributed by atoms with Crippen LogP contribution in [0.25, 0.3) is 0 Å². The molecule has 21 heavy (non-hydrogen) atoms. The van der Waals surface area contributed by atoms with Gasteiger partial charge in [-0.05, 0) is 25.0 Å². The molecule has 1 aliphatic carbocycles. The van der Waals surface area contributed by atoms with Crippen molar-refractivity contribution in [1.82, 2.24) is 4.72 Å². The fraction of sp³-hybridized carbons (Fsp3) is 0.500. The average molecular weight is 313 g/mol. The molecule has 0 aromatic heterocycles. The van der Waals surface area contributed by atoms with Crippen molar-refractivity contribution in [3.63, 3.8) is 0 Å². The van der Waals surface area contributed by atoms with E-state index in [2.05, 4.69) is 4.72 Å². The topological polar surface area (TPSA) is 92.7 Å². The second-order valence-corrected chi connectivity index (χ2v) is 7.02. The summed E-state index contributed by atoms with van der Waals surface area (Å²) in [6.45, 7) is 0. The summed E-state index contributed by atoms with van der Waals surface area (Å²) in [5, 5.41) is 9.03. The first-order valence-corrected chi connectivity index (χ1v) is 8.25. The third kappa shape index (κ3) is 3.74. The standard InChI is InChI=1S/C14H19NO5S/c1-20-11-5-4-6-12(9-11)21(18,19)15-14(10-13(16)17)7-2-3-8-14/h4-6,9,15H,2-3,7-8,10H2,1H3,(H,16,17). The van der Waals surface area contributed by atoms with Crippen LogP contribution in [0.5, 0.6) is 5.75 Å². The van der Waals surface area contributed by atoms with Crippen LogP contribution >= 0.6 is 0 Å². The number of carboxylic acid groups (broad SMARTS) is 1. The number of hydrogen-bond donors (Lipinski definition) is 2. The smallest absolute Gasteiger partial charge is 0.305 e. The van der Waals surface area contributed by atoms with Gasteiger partial charge in [0.2, 0.25) is 10.0 Å². The number of carbonyl (C=O) groups is 1. The molecule has 0 bridgehead atoms. The molecular weight excluding hydrogens is 294 g/mol. The second kappa shape index (κ2) is 6.03. The summed E-state index contributed by atoms with van der Waals surface area (Å²) in [7, 11) is -2.31. The fourth-order valence-electron chi connectivity index (χ4n) is 2.77. The Hall–Kier alpha value is -1.60. The minimum Gasteiger partial charge on any atom is -0.497 e. The van der Waals surface area contributed by atoms with Crippen molar-refractivity contribution in [2.75, 3.05) is 7.11 Å². The lowest BCUT2D eigenvalue weighted by molar-refractivity contribution is -0.138. The molecule has 1 aromatic carbocycles. The highest BCUT2D eigenvalue weighted by molar-refractivity contribution is 7.89. The van der Waals surface area contributed by atoms with Crippen LogP contribution in [0.15, 0.2) is 29.2 Å². The van der Waals surface area contributed by atoms with Crippen molar-refractivity contribution in [2.24, 2.45) is 0 Å². The minimum atomic E-state index is -3.77. The zero-order valence-electron chi connectivity index (χ0n) is 11.8. The van der Waals surface area contributed by atoms with Crippen LogP contribution in [0.1, 0.15) is 32.1 Å². The van der Waals surface area contributed by atoms with Crippen LogP contribution in [-0.4, -0.2) is 32.1 Å². The van der Waals surface area contributed by atoms with E-state index < -0.39 is 21.5 Å². The maximum atomic E-state index is 12.5. The summed E-state index contributed by atoms with van der Waals surface area (Å²) in [4.78, 5) is 11.1. The summed E-state index contributed by atoms with van der Waals surface area (Å²) in [6.07, 6.45) is 2.54. The third-order valence-electron chi connectivity index (χ3n) is 3.75. The molecule has 0 unspecified atom stereocenters. The SMILES string of the molecule is COc1cccc(S(=O)(=O)NC2(CC(=O)O)CCCC2)c1. The van der Waals surface area contributed by atoms with Crippen LogP contribution in [0.2, 0.25) is 0 Å². The summed E-state index contributed by atoms with van der Waals surface area (Å²) in [6, 6.07) is 6.13. The molecule has 7 heteroatoms. The van der Waals surface area contributed by atoms with Crippen molar-refractivity contribution in [2.45, 2.75) is 42.5 Å². The first kappa shape index (κ1) is 15.8. The molecule has 0 saturated heterocycles. The van der Waals surface area contributed by atoms with Crippen molar-refractivity contribution in [3.05, 3.63) is 24.3 Å². The average Bonchev–Trinajstić information content (AvgIpc) is 2.85. The summed E-state index contributed by atoms with van der Waals surface area (Å²) in [5.74, 6) is -0.554. The molecule has 0 spiro atoms. The Bertz CT molecular complexity index is 620. The number of methoxy groups -OCH3 is 1. The molecule has 2 N–H and O–H groups in total. The maximum Gasteiger partial charge on any atom is 0.305 e. The van der Waals surface area contributed by atoms with Gasteiger partial charge in [0.25, 0.3) is 0 Å². The lowest BCUT2D eigenvalue weighted by Gasteiger charge is -2.28. The number of benzene rings is 1. The first-order chi connectivity index (χ1) is 9.87. The normalized spacial score (nSPS) is 17.6.